The average Bonchev–Trinajstić information content (AvgIpc) is 3.22. The highest BCUT2D eigenvalue weighted by Gasteiger charge is 2.64. The minimum atomic E-state index is -0.495. The standard InChI is InChI=1S/C16H23N3O4/c1-9(2)11(21)7-10-12(8-20)23-14(16(10)4-5-16)19-6-3-13(17)18-15(19)22/h3,6,9-10,12,14,20H,4-5,7-8H2,1-2H3,(H2,17,18,22)/t10-,12-,14-/m1/s1. The number of aromatic nitrogens is 2. The number of carbonyl (C=O) groups is 1. The van der Waals surface area contributed by atoms with Crippen molar-refractivity contribution in [3.8, 4) is 0 Å². The maximum atomic E-state index is 12.2. The maximum Gasteiger partial charge on any atom is 0.351 e. The largest absolute Gasteiger partial charge is 0.394 e. The first-order valence-electron chi connectivity index (χ1n) is 8.02. The highest BCUT2D eigenvalue weighted by molar-refractivity contribution is 5.80. The van der Waals surface area contributed by atoms with Crippen LogP contribution in [-0.2, 0) is 9.53 Å². The van der Waals surface area contributed by atoms with Crippen LogP contribution in [0.2, 0.25) is 0 Å². The zero-order valence-electron chi connectivity index (χ0n) is 13.4. The third kappa shape index (κ3) is 2.68. The highest BCUT2D eigenvalue weighted by Crippen LogP contribution is 2.66. The average molecular weight is 321 g/mol. The van der Waals surface area contributed by atoms with Gasteiger partial charge in [0.15, 0.2) is 0 Å². The first kappa shape index (κ1) is 16.1. The third-order valence-corrected chi connectivity index (χ3v) is 5.16. The number of Topliss-reactive ketones (excluding diaryl/α,β-unsaturated/α-hetero) is 1. The van der Waals surface area contributed by atoms with E-state index in [1.165, 1.54) is 4.57 Å². The summed E-state index contributed by atoms with van der Waals surface area (Å²) in [5.41, 5.74) is 4.81. The van der Waals surface area contributed by atoms with E-state index in [4.69, 9.17) is 10.5 Å². The molecule has 1 spiro atoms. The Morgan fingerprint density at radius 3 is 2.78 bits per heavy atom. The zero-order chi connectivity index (χ0) is 16.8. The van der Waals surface area contributed by atoms with Crippen molar-refractivity contribution in [3.63, 3.8) is 0 Å². The van der Waals surface area contributed by atoms with Crippen molar-refractivity contribution in [3.05, 3.63) is 22.7 Å². The van der Waals surface area contributed by atoms with Gasteiger partial charge in [-0.15, -0.1) is 0 Å². The molecule has 1 saturated heterocycles. The van der Waals surface area contributed by atoms with Crippen LogP contribution in [0.25, 0.3) is 0 Å². The van der Waals surface area contributed by atoms with Crippen LogP contribution in [0.4, 0.5) is 5.82 Å². The monoisotopic (exact) mass is 321 g/mol. The lowest BCUT2D eigenvalue weighted by Gasteiger charge is -2.24. The maximum absolute atomic E-state index is 12.2. The fourth-order valence-corrected chi connectivity index (χ4v) is 3.62. The van der Waals surface area contributed by atoms with E-state index >= 15 is 0 Å². The van der Waals surface area contributed by atoms with Crippen LogP contribution >= 0.6 is 0 Å². The van der Waals surface area contributed by atoms with Crippen LogP contribution in [0.15, 0.2) is 17.1 Å². The Morgan fingerprint density at radius 1 is 1.57 bits per heavy atom. The Hall–Kier alpha value is -1.73. The first-order valence-corrected chi connectivity index (χ1v) is 8.02. The van der Waals surface area contributed by atoms with E-state index in [0.29, 0.717) is 6.42 Å². The van der Waals surface area contributed by atoms with Crippen molar-refractivity contribution in [1.82, 2.24) is 9.55 Å². The van der Waals surface area contributed by atoms with E-state index in [9.17, 15) is 14.7 Å². The number of aliphatic hydroxyl groups is 1. The molecule has 126 valence electrons. The quantitative estimate of drug-likeness (QED) is 0.827. The number of hydrogen-bond donors (Lipinski definition) is 2. The molecule has 2 aliphatic rings. The number of nitrogens with two attached hydrogens (primary N) is 1. The molecule has 3 rings (SSSR count). The molecule has 0 bridgehead atoms. The molecular weight excluding hydrogens is 298 g/mol. The zero-order valence-corrected chi connectivity index (χ0v) is 13.4. The lowest BCUT2D eigenvalue weighted by molar-refractivity contribution is -0.123. The van der Waals surface area contributed by atoms with E-state index in [-0.39, 0.29) is 35.5 Å². The van der Waals surface area contributed by atoms with Crippen molar-refractivity contribution < 1.29 is 14.6 Å². The van der Waals surface area contributed by atoms with Crippen molar-refractivity contribution in [2.45, 2.75) is 45.4 Å². The molecule has 1 saturated carbocycles. The van der Waals surface area contributed by atoms with Gasteiger partial charge >= 0.3 is 5.69 Å². The van der Waals surface area contributed by atoms with Gasteiger partial charge in [0.1, 0.15) is 17.8 Å². The lowest BCUT2D eigenvalue weighted by Crippen LogP contribution is -2.32. The molecule has 0 amide bonds. The second-order valence-corrected chi connectivity index (χ2v) is 6.92. The van der Waals surface area contributed by atoms with Crippen LogP contribution in [0.3, 0.4) is 0 Å². The molecule has 1 aromatic rings. The minimum Gasteiger partial charge on any atom is -0.394 e. The molecule has 0 aromatic carbocycles. The fraction of sp³-hybridized carbons (Fsp3) is 0.688. The van der Waals surface area contributed by atoms with Crippen LogP contribution in [0.1, 0.15) is 39.3 Å². The summed E-state index contributed by atoms with van der Waals surface area (Å²) in [6, 6.07) is 1.56. The van der Waals surface area contributed by atoms with Crippen LogP contribution in [0.5, 0.6) is 0 Å². The topological polar surface area (TPSA) is 107 Å². The van der Waals surface area contributed by atoms with Gasteiger partial charge in [-0.05, 0) is 18.9 Å². The summed E-state index contributed by atoms with van der Waals surface area (Å²) in [7, 11) is 0. The number of nitrogens with zero attached hydrogens (tertiary/aromatic N) is 2. The second-order valence-electron chi connectivity index (χ2n) is 6.92. The molecule has 2 fully saturated rings. The number of ketones is 1. The van der Waals surface area contributed by atoms with Gasteiger partial charge in [0.05, 0.1) is 12.7 Å². The van der Waals surface area contributed by atoms with Gasteiger partial charge in [0, 0.05) is 29.9 Å². The summed E-state index contributed by atoms with van der Waals surface area (Å²) in [5, 5.41) is 9.67. The molecule has 1 aliphatic heterocycles. The van der Waals surface area contributed by atoms with E-state index in [1.54, 1.807) is 12.3 Å². The van der Waals surface area contributed by atoms with Crippen molar-refractivity contribution >= 4 is 11.6 Å². The second kappa shape index (κ2) is 5.72. The molecule has 23 heavy (non-hydrogen) atoms. The number of carbonyl (C=O) groups excluding carboxylic acids is 1. The molecule has 7 nitrogen and oxygen atoms in total. The van der Waals surface area contributed by atoms with Crippen LogP contribution in [0, 0.1) is 17.3 Å². The summed E-state index contributed by atoms with van der Waals surface area (Å²) < 4.78 is 7.40. The van der Waals surface area contributed by atoms with Gasteiger partial charge < -0.3 is 15.6 Å². The Balaban J connectivity index is 1.92. The Bertz CT molecular complexity index is 666. The normalized spacial score (nSPS) is 28.4. The molecule has 0 unspecified atom stereocenters. The van der Waals surface area contributed by atoms with E-state index < -0.39 is 18.0 Å². The van der Waals surface area contributed by atoms with Gasteiger partial charge in [-0.3, -0.25) is 9.36 Å². The Kier molecular flexibility index (Phi) is 4.01. The predicted octanol–water partition coefficient (Wildman–Crippen LogP) is 0.727. The van der Waals surface area contributed by atoms with E-state index in [1.807, 2.05) is 13.8 Å². The third-order valence-electron chi connectivity index (χ3n) is 5.16. The molecule has 1 aromatic heterocycles. The van der Waals surface area contributed by atoms with Gasteiger partial charge in [-0.2, -0.15) is 4.98 Å². The van der Waals surface area contributed by atoms with Gasteiger partial charge in [0.2, 0.25) is 0 Å². The summed E-state index contributed by atoms with van der Waals surface area (Å²) in [6.07, 6.45) is 2.77. The molecule has 3 atom stereocenters. The molecule has 2 heterocycles. The summed E-state index contributed by atoms with van der Waals surface area (Å²) in [5.74, 6) is 0.202. The number of aliphatic hydroxyl groups excluding tert-OH is 1. The van der Waals surface area contributed by atoms with Gasteiger partial charge in [-0.25, -0.2) is 4.79 Å². The molecule has 0 radical (unpaired) electrons. The summed E-state index contributed by atoms with van der Waals surface area (Å²) in [4.78, 5) is 28.1. The fourth-order valence-electron chi connectivity index (χ4n) is 3.62. The minimum absolute atomic E-state index is 0.0508. The number of hydrogen-bond acceptors (Lipinski definition) is 6. The highest BCUT2D eigenvalue weighted by atomic mass is 16.5. The van der Waals surface area contributed by atoms with E-state index in [2.05, 4.69) is 4.98 Å². The summed E-state index contributed by atoms with van der Waals surface area (Å²) >= 11 is 0. The first-order chi connectivity index (χ1) is 10.9. The Labute approximate surface area is 134 Å². The smallest absolute Gasteiger partial charge is 0.351 e. The van der Waals surface area contributed by atoms with Crippen molar-refractivity contribution in [2.24, 2.45) is 17.3 Å². The van der Waals surface area contributed by atoms with Crippen LogP contribution < -0.4 is 11.4 Å². The van der Waals surface area contributed by atoms with Gasteiger partial charge in [0.25, 0.3) is 0 Å². The lowest BCUT2D eigenvalue weighted by atomic mass is 9.81. The van der Waals surface area contributed by atoms with Crippen molar-refractivity contribution in [2.75, 3.05) is 12.3 Å². The molecular formula is C16H23N3O4. The Morgan fingerprint density at radius 2 is 2.26 bits per heavy atom. The van der Waals surface area contributed by atoms with E-state index in [0.717, 1.165) is 12.8 Å². The molecule has 7 heteroatoms. The SMILES string of the molecule is CC(C)C(=O)C[C@@H]1[C@@H](CO)O[C@@H](n2ccc(N)nc2=O)C12CC2. The van der Waals surface area contributed by atoms with Gasteiger partial charge in [-0.1, -0.05) is 13.8 Å². The molecule has 1 aliphatic carbocycles. The number of nitrogen functional groups attached to an aromatic ring is 1. The number of rotatable bonds is 5. The van der Waals surface area contributed by atoms with Crippen molar-refractivity contribution in [1.29, 1.82) is 0 Å². The summed E-state index contributed by atoms with van der Waals surface area (Å²) in [6.45, 7) is 3.58. The molecule has 3 N–H and O–H groups in total. The number of ether oxygens (including phenoxy) is 1. The predicted molar refractivity (Wildman–Crippen MR) is 83.5 cm³/mol. The van der Waals surface area contributed by atoms with Crippen LogP contribution in [-0.4, -0.2) is 33.2 Å². The number of anilines is 1.